The third-order valence-electron chi connectivity index (χ3n) is 1.28. The van der Waals surface area contributed by atoms with Gasteiger partial charge >= 0.3 is 5.97 Å². The Morgan fingerprint density at radius 3 is 2.38 bits per heavy atom. The van der Waals surface area contributed by atoms with Crippen molar-refractivity contribution in [3.63, 3.8) is 0 Å². The van der Waals surface area contributed by atoms with Crippen LogP contribution in [0.1, 0.15) is 13.3 Å². The molecule has 0 aromatic heterocycles. The van der Waals surface area contributed by atoms with Crippen LogP contribution in [-0.4, -0.2) is 45.1 Å². The van der Waals surface area contributed by atoms with Crippen molar-refractivity contribution in [1.82, 2.24) is 4.90 Å². The fraction of sp³-hybridized carbons (Fsp3) is 0.833. The van der Waals surface area contributed by atoms with Crippen LogP contribution < -0.4 is 0 Å². The minimum absolute atomic E-state index is 0.123. The van der Waals surface area contributed by atoms with Crippen LogP contribution >= 0.6 is 6.49 Å². The summed E-state index contributed by atoms with van der Waals surface area (Å²) in [6, 6.07) is 0. The van der Waals surface area contributed by atoms with Crippen LogP contribution in [0.15, 0.2) is 0 Å². The molecule has 0 aliphatic rings. The monoisotopic (exact) mass is 227 g/mol. The van der Waals surface area contributed by atoms with E-state index in [-0.39, 0.29) is 12.8 Å². The Hall–Kier alpha value is -0.0000000000000000833. The van der Waals surface area contributed by atoms with Crippen molar-refractivity contribution in [2.45, 2.75) is 13.3 Å². The molecule has 5 nitrogen and oxygen atoms in total. The molecular weight excluding hydrogens is 213 g/mol. The number of carboxylic acid groups (broad SMARTS) is 1. The van der Waals surface area contributed by atoms with Crippen molar-refractivity contribution in [2.24, 2.45) is 0 Å². The molecule has 0 unspecified atom stereocenters. The van der Waals surface area contributed by atoms with E-state index in [0.29, 0.717) is 6.54 Å². The van der Waals surface area contributed by atoms with Gasteiger partial charge in [0.1, 0.15) is 0 Å². The lowest BCUT2D eigenvalue weighted by Gasteiger charge is -2.21. The van der Waals surface area contributed by atoms with Gasteiger partial charge < -0.3 is 14.9 Å². The fourth-order valence-electron chi connectivity index (χ4n) is 0.968. The summed E-state index contributed by atoms with van der Waals surface area (Å²) >= 11 is 4.42. The Balaban J connectivity index is 4.09. The molecule has 0 amide bonds. The van der Waals surface area contributed by atoms with E-state index in [0.717, 1.165) is 6.42 Å². The van der Waals surface area contributed by atoms with Crippen LogP contribution in [-0.2, 0) is 16.6 Å². The quantitative estimate of drug-likeness (QED) is 0.556. The molecule has 13 heavy (non-hydrogen) atoms. The second-order valence-electron chi connectivity index (χ2n) is 2.75. The molecule has 0 fully saturated rings. The van der Waals surface area contributed by atoms with Gasteiger partial charge in [-0.15, -0.1) is 0 Å². The van der Waals surface area contributed by atoms with Crippen LogP contribution in [0, 0.1) is 0 Å². The zero-order chi connectivity index (χ0) is 10.5. The predicted octanol–water partition coefficient (Wildman–Crippen LogP) is 0.0346. The van der Waals surface area contributed by atoms with E-state index in [1.165, 1.54) is 4.90 Å². The van der Waals surface area contributed by atoms with Gasteiger partial charge in [-0.1, -0.05) is 6.92 Å². The van der Waals surface area contributed by atoms with Crippen LogP contribution in [0.2, 0.25) is 0 Å². The minimum atomic E-state index is -3.31. The molecule has 0 aliphatic heterocycles. The van der Waals surface area contributed by atoms with Crippen LogP contribution in [0.4, 0.5) is 0 Å². The van der Waals surface area contributed by atoms with Gasteiger partial charge in [-0.3, -0.25) is 9.69 Å². The average molecular weight is 227 g/mol. The molecule has 0 aromatic carbocycles. The summed E-state index contributed by atoms with van der Waals surface area (Å²) < 4.78 is 0. The first-order valence-corrected chi connectivity index (χ1v) is 6.73. The minimum Gasteiger partial charge on any atom is -0.480 e. The fourth-order valence-corrected chi connectivity index (χ4v) is 2.22. The summed E-state index contributed by atoms with van der Waals surface area (Å²) in [6.07, 6.45) is 0.630. The van der Waals surface area contributed by atoms with Gasteiger partial charge in [0.25, 0.3) is 0 Å². The summed E-state index contributed by atoms with van der Waals surface area (Å²) in [7, 11) is 0. The summed E-state index contributed by atoms with van der Waals surface area (Å²) in [4.78, 5) is 29.7. The maximum absolute atomic E-state index is 10.3. The standard InChI is InChI=1S/C6H14NO4PS/c1-2-3-7(4-6(8)9)5-12(10,11)13/h2-5H2,1H3,(H,8,9)(H2,10,11,13). The second-order valence-corrected chi connectivity index (χ2v) is 6.12. The normalized spacial score (nSPS) is 12.0. The van der Waals surface area contributed by atoms with Crippen molar-refractivity contribution in [1.29, 1.82) is 0 Å². The van der Waals surface area contributed by atoms with Crippen molar-refractivity contribution in [3.8, 4) is 0 Å². The van der Waals surface area contributed by atoms with E-state index >= 15 is 0 Å². The molecule has 0 bridgehead atoms. The molecule has 0 radical (unpaired) electrons. The molecular formula is C6H14NO4PS. The first-order valence-electron chi connectivity index (χ1n) is 3.84. The number of carbonyl (C=O) groups is 1. The van der Waals surface area contributed by atoms with E-state index in [9.17, 15) is 4.79 Å². The Morgan fingerprint density at radius 2 is 2.08 bits per heavy atom. The second kappa shape index (κ2) is 5.67. The molecule has 0 aromatic rings. The third kappa shape index (κ3) is 8.33. The van der Waals surface area contributed by atoms with E-state index in [4.69, 9.17) is 14.9 Å². The van der Waals surface area contributed by atoms with Gasteiger partial charge in [0.15, 0.2) is 6.49 Å². The van der Waals surface area contributed by atoms with E-state index in [1.54, 1.807) is 0 Å². The van der Waals surface area contributed by atoms with Gasteiger partial charge in [-0.05, 0) is 24.8 Å². The highest BCUT2D eigenvalue weighted by Crippen LogP contribution is 2.35. The first kappa shape index (κ1) is 13.0. The molecule has 3 N–H and O–H groups in total. The van der Waals surface area contributed by atoms with Crippen molar-refractivity contribution in [3.05, 3.63) is 0 Å². The van der Waals surface area contributed by atoms with Gasteiger partial charge in [0, 0.05) is 0 Å². The lowest BCUT2D eigenvalue weighted by molar-refractivity contribution is -0.138. The SMILES string of the molecule is CCCN(CC(=O)O)CP(O)(O)=S. The molecule has 0 saturated carbocycles. The van der Waals surface area contributed by atoms with Crippen LogP contribution in [0.5, 0.6) is 0 Å². The molecule has 78 valence electrons. The summed E-state index contributed by atoms with van der Waals surface area (Å²) in [5, 5.41) is 8.48. The summed E-state index contributed by atoms with van der Waals surface area (Å²) in [5.41, 5.74) is 0. The number of hydrogen-bond acceptors (Lipinski definition) is 3. The summed E-state index contributed by atoms with van der Waals surface area (Å²) in [5.74, 6) is -0.989. The van der Waals surface area contributed by atoms with Crippen molar-refractivity contribution < 1.29 is 19.7 Å². The molecule has 0 atom stereocenters. The maximum Gasteiger partial charge on any atom is 0.317 e. The highest BCUT2D eigenvalue weighted by molar-refractivity contribution is 8.08. The lowest BCUT2D eigenvalue weighted by Crippen LogP contribution is -2.31. The molecule has 0 aliphatic carbocycles. The first-order chi connectivity index (χ1) is 5.85. The van der Waals surface area contributed by atoms with E-state index in [1.807, 2.05) is 6.92 Å². The zero-order valence-electron chi connectivity index (χ0n) is 7.38. The Morgan fingerprint density at radius 1 is 1.54 bits per heavy atom. The highest BCUT2D eigenvalue weighted by Gasteiger charge is 2.16. The smallest absolute Gasteiger partial charge is 0.317 e. The van der Waals surface area contributed by atoms with Gasteiger partial charge in [-0.2, -0.15) is 0 Å². The topological polar surface area (TPSA) is 81.0 Å². The molecule has 7 heteroatoms. The van der Waals surface area contributed by atoms with Crippen molar-refractivity contribution in [2.75, 3.05) is 19.4 Å². The lowest BCUT2D eigenvalue weighted by atomic mass is 10.4. The van der Waals surface area contributed by atoms with Crippen LogP contribution in [0.25, 0.3) is 0 Å². The van der Waals surface area contributed by atoms with Crippen molar-refractivity contribution >= 4 is 24.3 Å². The molecule has 0 spiro atoms. The predicted molar refractivity (Wildman–Crippen MR) is 53.1 cm³/mol. The number of nitrogens with zero attached hydrogens (tertiary/aromatic N) is 1. The average Bonchev–Trinajstić information content (AvgIpc) is 1.81. The number of aliphatic carboxylic acids is 1. The molecule has 0 heterocycles. The van der Waals surface area contributed by atoms with Gasteiger partial charge in [0.2, 0.25) is 0 Å². The number of rotatable bonds is 6. The highest BCUT2D eigenvalue weighted by atomic mass is 32.5. The van der Waals surface area contributed by atoms with E-state index in [2.05, 4.69) is 11.8 Å². The number of carboxylic acids is 1. The number of hydrogen-bond donors (Lipinski definition) is 3. The third-order valence-corrected chi connectivity index (χ3v) is 2.40. The molecule has 0 saturated heterocycles. The van der Waals surface area contributed by atoms with Crippen LogP contribution in [0.3, 0.4) is 0 Å². The Bertz CT molecular complexity index is 217. The zero-order valence-corrected chi connectivity index (χ0v) is 9.09. The van der Waals surface area contributed by atoms with E-state index < -0.39 is 12.5 Å². The van der Waals surface area contributed by atoms with Gasteiger partial charge in [0.05, 0.1) is 12.8 Å². The largest absolute Gasteiger partial charge is 0.480 e. The maximum atomic E-state index is 10.3. The van der Waals surface area contributed by atoms with Gasteiger partial charge in [-0.25, -0.2) is 0 Å². The summed E-state index contributed by atoms with van der Waals surface area (Å²) in [6.45, 7) is -1.13. The Kier molecular flexibility index (Phi) is 5.67. The Labute approximate surface area is 82.2 Å². The molecule has 0 rings (SSSR count).